The Kier molecular flexibility index (Phi) is 15.2. The molecule has 4 rings (SSSR count). The fraction of sp³-hybridized carbons (Fsp3) is 0.486. The molecule has 0 aliphatic rings. The number of hydrogen-bond donors (Lipinski definition) is 4. The first-order valence-electron chi connectivity index (χ1n) is 18.3. The number of nitrogens with zero attached hydrogens (tertiary/aromatic N) is 10. The maximum atomic E-state index is 13.3. The lowest BCUT2D eigenvalue weighted by Gasteiger charge is -2.10. The van der Waals surface area contributed by atoms with Gasteiger partial charge >= 0.3 is 35.1 Å². The molecule has 0 atom stereocenters. The van der Waals surface area contributed by atoms with Gasteiger partial charge in [0.25, 0.3) is 11.8 Å². The first-order valence-corrected chi connectivity index (χ1v) is 18.3. The van der Waals surface area contributed by atoms with Crippen LogP contribution in [-0.2, 0) is 27.2 Å². The van der Waals surface area contributed by atoms with Crippen molar-refractivity contribution in [2.24, 2.45) is 14.1 Å². The summed E-state index contributed by atoms with van der Waals surface area (Å²) in [6.45, 7) is 2.91. The Balaban J connectivity index is 1.35. The van der Waals surface area contributed by atoms with Gasteiger partial charge < -0.3 is 60.4 Å². The van der Waals surface area contributed by atoms with Crippen LogP contribution in [0.3, 0.4) is 0 Å². The van der Waals surface area contributed by atoms with Gasteiger partial charge in [-0.2, -0.15) is 0 Å². The number of rotatable bonds is 22. The van der Waals surface area contributed by atoms with E-state index < -0.39 is 33.3 Å². The standard InChI is InChI=1S/C35H50N14O8/c1-42(2)14-10-12-36-32(50)26-18-24(20-44(26)5)38-34(52)30-40-28(48(54)55)22-46(30)16-8-7-9-17-47-23-29(49(56)57)41-31(47)35(53)39-25-19-27(45(6)21-25)33(51)37-13-11-15-43(3)4/h18-23H,7-17H2,1-6H3,(H,36,50)(H,37,51)(H,38,52)(H,39,53). The second kappa shape index (κ2) is 20.0. The Hall–Kier alpha value is -6.42. The molecular weight excluding hydrogens is 744 g/mol. The lowest BCUT2D eigenvalue weighted by Crippen LogP contribution is -2.28. The van der Waals surface area contributed by atoms with Crippen LogP contribution in [-0.4, -0.2) is 126 Å². The van der Waals surface area contributed by atoms with Crippen molar-refractivity contribution >= 4 is 46.6 Å². The summed E-state index contributed by atoms with van der Waals surface area (Å²) in [5.41, 5.74) is 1.23. The third kappa shape index (κ3) is 12.3. The predicted octanol–water partition coefficient (Wildman–Crippen LogP) is 2.31. The number of hydrogen-bond acceptors (Lipinski definition) is 12. The third-order valence-corrected chi connectivity index (χ3v) is 8.73. The predicted molar refractivity (Wildman–Crippen MR) is 209 cm³/mol. The molecule has 0 spiro atoms. The molecule has 0 aromatic carbocycles. The summed E-state index contributed by atoms with van der Waals surface area (Å²) < 4.78 is 5.86. The van der Waals surface area contributed by atoms with Gasteiger partial charge in [0, 0.05) is 52.7 Å². The zero-order valence-corrected chi connectivity index (χ0v) is 33.0. The van der Waals surface area contributed by atoms with Gasteiger partial charge in [0.05, 0.1) is 11.4 Å². The van der Waals surface area contributed by atoms with Gasteiger partial charge in [-0.3, -0.25) is 28.3 Å². The van der Waals surface area contributed by atoms with Crippen LogP contribution >= 0.6 is 0 Å². The van der Waals surface area contributed by atoms with Gasteiger partial charge in [0.15, 0.2) is 0 Å². The quantitative estimate of drug-likeness (QED) is 0.0508. The van der Waals surface area contributed by atoms with Gasteiger partial charge in [0.1, 0.15) is 23.8 Å². The molecule has 0 radical (unpaired) electrons. The highest BCUT2D eigenvalue weighted by molar-refractivity contribution is 6.04. The molecule has 0 fully saturated rings. The Morgan fingerprint density at radius 3 is 1.35 bits per heavy atom. The van der Waals surface area contributed by atoms with Gasteiger partial charge in [-0.15, -0.1) is 0 Å². The number of aryl methyl sites for hydroxylation is 4. The molecule has 308 valence electrons. The average molecular weight is 795 g/mol. The molecule has 0 unspecified atom stereocenters. The minimum atomic E-state index is -0.709. The van der Waals surface area contributed by atoms with Gasteiger partial charge in [-0.05, 0) is 105 Å². The van der Waals surface area contributed by atoms with Crippen molar-refractivity contribution in [1.29, 1.82) is 0 Å². The summed E-state index contributed by atoms with van der Waals surface area (Å²) in [5.74, 6) is -3.48. The number of carbonyl (C=O) groups excluding carboxylic acids is 4. The zero-order valence-electron chi connectivity index (χ0n) is 33.0. The maximum absolute atomic E-state index is 13.3. The smallest absolute Gasteiger partial charge is 0.358 e. The van der Waals surface area contributed by atoms with Crippen molar-refractivity contribution in [2.45, 2.75) is 45.2 Å². The zero-order chi connectivity index (χ0) is 41.8. The first kappa shape index (κ1) is 43.3. The summed E-state index contributed by atoms with van der Waals surface area (Å²) in [4.78, 5) is 85.5. The van der Waals surface area contributed by atoms with Crippen LogP contribution in [0.1, 0.15) is 74.3 Å². The molecule has 4 aromatic rings. The second-order valence-corrected chi connectivity index (χ2v) is 14.0. The number of nitrogens with one attached hydrogen (secondary N) is 4. The van der Waals surface area contributed by atoms with Gasteiger partial charge in [-0.1, -0.05) is 0 Å². The van der Waals surface area contributed by atoms with E-state index in [1.807, 2.05) is 38.0 Å². The molecule has 22 nitrogen and oxygen atoms in total. The van der Waals surface area contributed by atoms with Crippen molar-refractivity contribution in [3.8, 4) is 0 Å². The van der Waals surface area contributed by atoms with Crippen LogP contribution in [0, 0.1) is 20.2 Å². The maximum Gasteiger partial charge on any atom is 0.382 e. The summed E-state index contributed by atoms with van der Waals surface area (Å²) in [6, 6.07) is 3.00. The van der Waals surface area contributed by atoms with E-state index in [0.29, 0.717) is 55.1 Å². The molecule has 4 amide bonds. The monoisotopic (exact) mass is 794 g/mol. The SMILES string of the molecule is CN(C)CCCNC(=O)c1cc(NC(=O)c2nc([N+](=O)[O-])cn2CCCCCn2cc([N+](=O)[O-])nc2C(=O)Nc2cc(C(=O)NCCCN(C)C)n(C)c2)cn1C. The average Bonchev–Trinajstić information content (AvgIpc) is 3.93. The normalized spacial score (nSPS) is 11.2. The van der Waals surface area contributed by atoms with E-state index in [-0.39, 0.29) is 36.6 Å². The highest BCUT2D eigenvalue weighted by atomic mass is 16.6. The van der Waals surface area contributed by atoms with E-state index in [9.17, 15) is 39.4 Å². The molecule has 4 aromatic heterocycles. The largest absolute Gasteiger partial charge is 0.382 e. The van der Waals surface area contributed by atoms with Crippen molar-refractivity contribution in [2.75, 3.05) is 65.0 Å². The van der Waals surface area contributed by atoms with Crippen molar-refractivity contribution in [3.63, 3.8) is 0 Å². The van der Waals surface area contributed by atoms with E-state index >= 15 is 0 Å². The molecule has 57 heavy (non-hydrogen) atoms. The Labute approximate surface area is 328 Å². The number of imidazole rings is 2. The first-order chi connectivity index (χ1) is 27.0. The number of carbonyl (C=O) groups is 4. The highest BCUT2D eigenvalue weighted by Crippen LogP contribution is 2.20. The fourth-order valence-corrected chi connectivity index (χ4v) is 5.89. The number of amides is 4. The molecule has 22 heteroatoms. The summed E-state index contributed by atoms with van der Waals surface area (Å²) in [7, 11) is 11.1. The van der Waals surface area contributed by atoms with E-state index in [1.165, 1.54) is 21.3 Å². The second-order valence-electron chi connectivity index (χ2n) is 14.0. The van der Waals surface area contributed by atoms with Gasteiger partial charge in [0.2, 0.25) is 0 Å². The molecule has 0 aliphatic heterocycles. The van der Waals surface area contributed by atoms with Crippen LogP contribution in [0.4, 0.5) is 23.0 Å². The summed E-state index contributed by atoms with van der Waals surface area (Å²) in [5, 5.41) is 34.1. The van der Waals surface area contributed by atoms with Crippen LogP contribution in [0.2, 0.25) is 0 Å². The van der Waals surface area contributed by atoms with E-state index in [0.717, 1.165) is 38.3 Å². The third-order valence-electron chi connectivity index (χ3n) is 8.73. The van der Waals surface area contributed by atoms with Crippen LogP contribution < -0.4 is 21.3 Å². The Morgan fingerprint density at radius 2 is 1.00 bits per heavy atom. The van der Waals surface area contributed by atoms with Crippen molar-refractivity contribution in [1.82, 2.24) is 48.7 Å². The topological polar surface area (TPSA) is 255 Å². The van der Waals surface area contributed by atoms with E-state index in [2.05, 4.69) is 31.2 Å². The Bertz CT molecular complexity index is 1930. The molecule has 0 bridgehead atoms. The van der Waals surface area contributed by atoms with Gasteiger partial charge in [-0.25, -0.2) is 0 Å². The summed E-state index contributed by atoms with van der Waals surface area (Å²) in [6.07, 6.45) is 8.31. The minimum Gasteiger partial charge on any atom is -0.358 e. The van der Waals surface area contributed by atoms with E-state index in [4.69, 9.17) is 0 Å². The lowest BCUT2D eigenvalue weighted by molar-refractivity contribution is -0.389. The van der Waals surface area contributed by atoms with Crippen LogP contribution in [0.25, 0.3) is 0 Å². The lowest BCUT2D eigenvalue weighted by atomic mass is 10.2. The molecule has 0 aliphatic carbocycles. The van der Waals surface area contributed by atoms with Crippen LogP contribution in [0.5, 0.6) is 0 Å². The molecule has 4 heterocycles. The molecule has 4 N–H and O–H groups in total. The van der Waals surface area contributed by atoms with E-state index in [1.54, 1.807) is 35.6 Å². The number of anilines is 2. The number of aromatic nitrogens is 6. The number of nitro groups is 2. The highest BCUT2D eigenvalue weighted by Gasteiger charge is 2.27. The fourth-order valence-electron chi connectivity index (χ4n) is 5.89. The molecular formula is C35H50N14O8. The number of unbranched alkanes of at least 4 members (excludes halogenated alkanes) is 2. The van der Waals surface area contributed by atoms with Crippen molar-refractivity contribution in [3.05, 3.63) is 80.2 Å². The van der Waals surface area contributed by atoms with Crippen molar-refractivity contribution < 1.29 is 29.0 Å². The Morgan fingerprint density at radius 1 is 0.614 bits per heavy atom. The minimum absolute atomic E-state index is 0.177. The van der Waals surface area contributed by atoms with Crippen LogP contribution in [0.15, 0.2) is 36.9 Å². The molecule has 0 saturated heterocycles. The summed E-state index contributed by atoms with van der Waals surface area (Å²) >= 11 is 0. The molecule has 0 saturated carbocycles.